The molecule has 0 aliphatic rings. The van der Waals surface area contributed by atoms with Gasteiger partial charge in [0.1, 0.15) is 17.3 Å². The van der Waals surface area contributed by atoms with Crippen molar-refractivity contribution in [3.63, 3.8) is 0 Å². The summed E-state index contributed by atoms with van der Waals surface area (Å²) in [5.74, 6) is 2.13. The highest BCUT2D eigenvalue weighted by atomic mass is 35.5. The van der Waals surface area contributed by atoms with Gasteiger partial charge >= 0.3 is 0 Å². The molecule has 0 aliphatic heterocycles. The second-order valence-electron chi connectivity index (χ2n) is 8.47. The zero-order chi connectivity index (χ0) is 24.6. The molecule has 1 unspecified atom stereocenters. The summed E-state index contributed by atoms with van der Waals surface area (Å²) in [5, 5.41) is 3.76. The molecule has 0 spiro atoms. The Hall–Kier alpha value is -3.51. The fourth-order valence-corrected chi connectivity index (χ4v) is 4.06. The van der Waals surface area contributed by atoms with E-state index in [9.17, 15) is 4.79 Å². The van der Waals surface area contributed by atoms with E-state index in [4.69, 9.17) is 26.1 Å². The molecule has 1 N–H and O–H groups in total. The molecular formula is C28H30ClN3O3. The van der Waals surface area contributed by atoms with Gasteiger partial charge in [0.15, 0.2) is 6.61 Å². The van der Waals surface area contributed by atoms with Gasteiger partial charge in [-0.15, -0.1) is 0 Å². The Morgan fingerprint density at radius 1 is 1.00 bits per heavy atom. The summed E-state index contributed by atoms with van der Waals surface area (Å²) in [7, 11) is 0. The van der Waals surface area contributed by atoms with Crippen molar-refractivity contribution in [3.8, 4) is 11.5 Å². The Morgan fingerprint density at radius 2 is 1.77 bits per heavy atom. The van der Waals surface area contributed by atoms with E-state index >= 15 is 0 Å². The molecule has 1 atom stereocenters. The maximum atomic E-state index is 12.5. The number of imidazole rings is 1. The third-order valence-corrected chi connectivity index (χ3v) is 6.16. The van der Waals surface area contributed by atoms with Crippen LogP contribution < -0.4 is 14.8 Å². The topological polar surface area (TPSA) is 65.4 Å². The van der Waals surface area contributed by atoms with E-state index in [1.807, 2.05) is 80.6 Å². The number of unbranched alkanes of at least 4 members (excludes halogenated alkanes) is 1. The molecular weight excluding hydrogens is 462 g/mol. The van der Waals surface area contributed by atoms with Crippen LogP contribution in [0.5, 0.6) is 11.5 Å². The van der Waals surface area contributed by atoms with Crippen molar-refractivity contribution in [2.24, 2.45) is 0 Å². The number of benzene rings is 3. The lowest BCUT2D eigenvalue weighted by molar-refractivity contribution is -0.123. The van der Waals surface area contributed by atoms with Gasteiger partial charge in [-0.25, -0.2) is 4.98 Å². The molecule has 3 aromatic carbocycles. The first-order chi connectivity index (χ1) is 17.0. The molecule has 0 aliphatic carbocycles. The van der Waals surface area contributed by atoms with Gasteiger partial charge in [0.25, 0.3) is 5.91 Å². The number of rotatable bonds is 11. The minimum absolute atomic E-state index is 0.0455. The smallest absolute Gasteiger partial charge is 0.258 e. The Balaban J connectivity index is 1.35. The number of aromatic nitrogens is 2. The van der Waals surface area contributed by atoms with Crippen molar-refractivity contribution in [1.29, 1.82) is 0 Å². The van der Waals surface area contributed by atoms with E-state index in [-0.39, 0.29) is 18.6 Å². The third kappa shape index (κ3) is 6.55. The van der Waals surface area contributed by atoms with Crippen molar-refractivity contribution in [2.45, 2.75) is 39.3 Å². The van der Waals surface area contributed by atoms with Crippen molar-refractivity contribution < 1.29 is 14.3 Å². The number of nitrogens with zero attached hydrogens (tertiary/aromatic N) is 2. The summed E-state index contributed by atoms with van der Waals surface area (Å²) in [6.45, 7) is 5.26. The van der Waals surface area contributed by atoms with Gasteiger partial charge < -0.3 is 19.4 Å². The van der Waals surface area contributed by atoms with Gasteiger partial charge in [-0.2, -0.15) is 0 Å². The lowest BCUT2D eigenvalue weighted by atomic mass is 10.2. The fourth-order valence-electron chi connectivity index (χ4n) is 3.94. The molecule has 1 aromatic heterocycles. The quantitative estimate of drug-likeness (QED) is 0.257. The van der Waals surface area contributed by atoms with Gasteiger partial charge in [-0.1, -0.05) is 41.9 Å². The lowest BCUT2D eigenvalue weighted by Crippen LogP contribution is -2.32. The number of hydrogen-bond donors (Lipinski definition) is 1. The summed E-state index contributed by atoms with van der Waals surface area (Å²) < 4.78 is 13.6. The van der Waals surface area contributed by atoms with E-state index in [1.54, 1.807) is 0 Å². The Kier molecular flexibility index (Phi) is 8.27. The molecule has 4 rings (SSSR count). The number of carbonyl (C=O) groups is 1. The van der Waals surface area contributed by atoms with E-state index in [1.165, 1.54) is 0 Å². The average Bonchev–Trinajstić information content (AvgIpc) is 3.24. The van der Waals surface area contributed by atoms with Crippen molar-refractivity contribution in [3.05, 3.63) is 89.2 Å². The molecule has 0 radical (unpaired) electrons. The second kappa shape index (κ2) is 11.8. The highest BCUT2D eigenvalue weighted by Gasteiger charge is 2.18. The number of hydrogen-bond acceptors (Lipinski definition) is 4. The molecule has 0 fully saturated rings. The van der Waals surface area contributed by atoms with Gasteiger partial charge in [-0.3, -0.25) is 4.79 Å². The fraction of sp³-hybridized carbons (Fsp3) is 0.286. The lowest BCUT2D eigenvalue weighted by Gasteiger charge is -2.17. The number of fused-ring (bicyclic) bond motifs is 1. The van der Waals surface area contributed by atoms with Crippen LogP contribution in [0.25, 0.3) is 11.0 Å². The van der Waals surface area contributed by atoms with Crippen molar-refractivity contribution in [1.82, 2.24) is 14.9 Å². The van der Waals surface area contributed by atoms with Crippen molar-refractivity contribution >= 4 is 28.5 Å². The van der Waals surface area contributed by atoms with Gasteiger partial charge in [0.05, 0.1) is 23.7 Å². The Morgan fingerprint density at radius 3 is 2.57 bits per heavy atom. The second-order valence-corrected chi connectivity index (χ2v) is 8.88. The number of aryl methyl sites for hydroxylation is 2. The molecule has 182 valence electrons. The van der Waals surface area contributed by atoms with Crippen LogP contribution in [0.3, 0.4) is 0 Å². The van der Waals surface area contributed by atoms with E-state index in [0.717, 1.165) is 52.6 Å². The maximum Gasteiger partial charge on any atom is 0.258 e. The molecule has 1 heterocycles. The maximum absolute atomic E-state index is 12.5. The van der Waals surface area contributed by atoms with Crippen LogP contribution in [0, 0.1) is 6.92 Å². The largest absolute Gasteiger partial charge is 0.494 e. The number of halogens is 1. The summed E-state index contributed by atoms with van der Waals surface area (Å²) in [4.78, 5) is 17.3. The first kappa shape index (κ1) is 24.6. The predicted molar refractivity (Wildman–Crippen MR) is 139 cm³/mol. The van der Waals surface area contributed by atoms with Crippen LogP contribution in [0.15, 0.2) is 72.8 Å². The van der Waals surface area contributed by atoms with Crippen LogP contribution in [0.4, 0.5) is 0 Å². The zero-order valence-electron chi connectivity index (χ0n) is 20.0. The first-order valence-corrected chi connectivity index (χ1v) is 12.2. The highest BCUT2D eigenvalue weighted by Crippen LogP contribution is 2.23. The summed E-state index contributed by atoms with van der Waals surface area (Å²) >= 11 is 6.09. The number of para-hydroxylation sites is 3. The first-order valence-electron chi connectivity index (χ1n) is 11.8. The molecule has 4 aromatic rings. The molecule has 7 heteroatoms. The van der Waals surface area contributed by atoms with Crippen LogP contribution >= 0.6 is 11.6 Å². The molecule has 6 nitrogen and oxygen atoms in total. The molecule has 0 bridgehead atoms. The summed E-state index contributed by atoms with van der Waals surface area (Å²) in [5.41, 5.74) is 2.97. The number of amides is 1. The SMILES string of the molecule is Cc1cc(OCCCCn2c(C(C)NC(=O)COc3ccccc3)nc3ccccc32)ccc1Cl. The number of carbonyl (C=O) groups excluding carboxylic acids is 1. The minimum Gasteiger partial charge on any atom is -0.494 e. The van der Waals surface area contributed by atoms with Gasteiger partial charge in [-0.05, 0) is 74.7 Å². The normalized spacial score (nSPS) is 11.9. The third-order valence-electron chi connectivity index (χ3n) is 5.74. The van der Waals surface area contributed by atoms with E-state index in [0.29, 0.717) is 12.4 Å². The monoisotopic (exact) mass is 491 g/mol. The van der Waals surface area contributed by atoms with Crippen molar-refractivity contribution in [2.75, 3.05) is 13.2 Å². The van der Waals surface area contributed by atoms with Crippen LogP contribution in [0.2, 0.25) is 5.02 Å². The highest BCUT2D eigenvalue weighted by molar-refractivity contribution is 6.31. The van der Waals surface area contributed by atoms with Crippen LogP contribution in [-0.4, -0.2) is 28.7 Å². The molecule has 35 heavy (non-hydrogen) atoms. The Bertz CT molecular complexity index is 1270. The molecule has 0 saturated heterocycles. The van der Waals surface area contributed by atoms with Gasteiger partial charge in [0.2, 0.25) is 0 Å². The van der Waals surface area contributed by atoms with E-state index < -0.39 is 0 Å². The molecule has 0 saturated carbocycles. The van der Waals surface area contributed by atoms with E-state index in [2.05, 4.69) is 16.0 Å². The summed E-state index contributed by atoms with van der Waals surface area (Å²) in [6, 6.07) is 22.8. The average molecular weight is 492 g/mol. The predicted octanol–water partition coefficient (Wildman–Crippen LogP) is 6.11. The summed E-state index contributed by atoms with van der Waals surface area (Å²) in [6.07, 6.45) is 1.80. The molecule has 1 amide bonds. The van der Waals surface area contributed by atoms with Crippen LogP contribution in [0.1, 0.15) is 37.2 Å². The zero-order valence-corrected chi connectivity index (χ0v) is 20.8. The minimum atomic E-state index is -0.262. The van der Waals surface area contributed by atoms with Crippen LogP contribution in [-0.2, 0) is 11.3 Å². The standard InChI is InChI=1S/C28H30ClN3O3/c1-20-18-23(14-15-24(20)29)34-17-9-8-16-32-26-13-7-6-12-25(26)31-28(32)21(2)30-27(33)19-35-22-10-4-3-5-11-22/h3-7,10-15,18,21H,8-9,16-17,19H2,1-2H3,(H,30,33). The number of nitrogens with one attached hydrogen (secondary N) is 1. The Labute approximate surface area is 210 Å². The van der Waals surface area contributed by atoms with Gasteiger partial charge in [0, 0.05) is 11.6 Å². The number of ether oxygens (including phenoxy) is 2.